The smallest absolute Gasteiger partial charge is 0.310 e. The molecule has 10 heteroatoms. The molecule has 0 radical (unpaired) electrons. The highest BCUT2D eigenvalue weighted by Crippen LogP contribution is 2.32. The Balaban J connectivity index is 1.31. The third-order valence-electron chi connectivity index (χ3n) is 6.75. The Morgan fingerprint density at radius 2 is 1.68 bits per heavy atom. The van der Waals surface area contributed by atoms with E-state index < -0.39 is 11.9 Å². The van der Waals surface area contributed by atoms with Crippen LogP contribution in [0, 0.1) is 0 Å². The quantitative estimate of drug-likeness (QED) is 0.308. The van der Waals surface area contributed by atoms with Crippen LogP contribution in [0.1, 0.15) is 12.8 Å². The first kappa shape index (κ1) is 26.1. The zero-order chi connectivity index (χ0) is 26.4. The number of hydrogen-bond donors (Lipinski definition) is 0. The van der Waals surface area contributed by atoms with Crippen LogP contribution in [0.3, 0.4) is 0 Å². The van der Waals surface area contributed by atoms with Crippen molar-refractivity contribution in [3.05, 3.63) is 64.8 Å². The van der Waals surface area contributed by atoms with Crippen molar-refractivity contribution in [2.45, 2.75) is 18.9 Å². The van der Waals surface area contributed by atoms with Gasteiger partial charge in [-0.25, -0.2) is 4.48 Å². The Bertz CT molecular complexity index is 1330. The third kappa shape index (κ3) is 5.94. The van der Waals surface area contributed by atoms with Gasteiger partial charge in [0.15, 0.2) is 11.0 Å². The lowest BCUT2D eigenvalue weighted by atomic mass is 10.0. The van der Waals surface area contributed by atoms with Gasteiger partial charge in [0, 0.05) is 5.56 Å². The Kier molecular flexibility index (Phi) is 8.14. The van der Waals surface area contributed by atoms with Crippen molar-refractivity contribution in [3.8, 4) is 11.1 Å². The average Bonchev–Trinajstić information content (AvgIpc) is 3.48. The van der Waals surface area contributed by atoms with Crippen molar-refractivity contribution in [3.63, 3.8) is 0 Å². The molecule has 0 amide bonds. The van der Waals surface area contributed by atoms with Crippen molar-refractivity contribution < 1.29 is 37.7 Å². The Labute approximate surface area is 219 Å². The Morgan fingerprint density at radius 1 is 0.921 bits per heavy atom. The average molecular weight is 525 g/mol. The van der Waals surface area contributed by atoms with E-state index in [1.54, 1.807) is 6.07 Å². The molecule has 1 atom stereocenters. The molecule has 0 saturated carbocycles. The zero-order valence-corrected chi connectivity index (χ0v) is 21.0. The summed E-state index contributed by atoms with van der Waals surface area (Å²) in [5.74, 6) is -0.652. The van der Waals surface area contributed by atoms with Gasteiger partial charge in [-0.1, -0.05) is 42.5 Å². The number of rotatable bonds is 9. The van der Waals surface area contributed by atoms with Crippen LogP contribution >= 0.6 is 0 Å². The van der Waals surface area contributed by atoms with E-state index in [1.807, 2.05) is 42.5 Å². The first-order valence-corrected chi connectivity index (χ1v) is 12.6. The molecule has 0 N–H and O–H groups in total. The van der Waals surface area contributed by atoms with Crippen molar-refractivity contribution in [2.75, 3.05) is 53.0 Å². The molecule has 200 valence electrons. The van der Waals surface area contributed by atoms with Gasteiger partial charge in [-0.05, 0) is 11.6 Å². The Hall–Kier alpha value is -3.57. The van der Waals surface area contributed by atoms with Gasteiger partial charge in [0.2, 0.25) is 6.73 Å². The minimum Gasteiger partial charge on any atom is -0.463 e. The van der Waals surface area contributed by atoms with E-state index in [-0.39, 0.29) is 49.0 Å². The Morgan fingerprint density at radius 3 is 2.42 bits per heavy atom. The molecule has 38 heavy (non-hydrogen) atoms. The number of esters is 2. The molecule has 0 bridgehead atoms. The lowest BCUT2D eigenvalue weighted by Gasteiger charge is -2.37. The van der Waals surface area contributed by atoms with Gasteiger partial charge >= 0.3 is 17.8 Å². The lowest BCUT2D eigenvalue weighted by molar-refractivity contribution is -0.155. The summed E-state index contributed by atoms with van der Waals surface area (Å²) in [7, 11) is 0. The summed E-state index contributed by atoms with van der Waals surface area (Å²) < 4.78 is 33.1. The molecule has 2 aliphatic rings. The number of carbonyl (C=O) groups is 2. The lowest BCUT2D eigenvalue weighted by Crippen LogP contribution is -2.58. The summed E-state index contributed by atoms with van der Waals surface area (Å²) in [6, 6.07) is 16.7. The molecule has 2 aromatic carbocycles. The molecule has 0 spiro atoms. The maximum Gasteiger partial charge on any atom is 0.310 e. The van der Waals surface area contributed by atoms with Gasteiger partial charge in [-0.2, -0.15) is 0 Å². The molecule has 1 aromatic heterocycles. The van der Waals surface area contributed by atoms with Crippen LogP contribution in [0.25, 0.3) is 22.1 Å². The second-order valence-corrected chi connectivity index (χ2v) is 9.31. The number of nitrogens with zero attached hydrogens (tertiary/aromatic N) is 1. The molecule has 0 aliphatic carbocycles. The van der Waals surface area contributed by atoms with Crippen LogP contribution in [0.4, 0.5) is 5.88 Å². The standard InChI is InChI=1S/C28H30NO9/c30-24-15-25(38-28-22(7-4-8-23(24)28)20-5-2-1-3-6-20)29(11-13-33-14-12-29)18-36-27(32)10-9-26(31)35-17-21-16-34-19-37-21/h1-8,15,21H,9-14,16-19H2/q+1. The highest BCUT2D eigenvalue weighted by molar-refractivity contribution is 5.92. The normalized spacial score (nSPS) is 18.8. The monoisotopic (exact) mass is 524 g/mol. The van der Waals surface area contributed by atoms with E-state index in [4.69, 9.17) is 28.1 Å². The molecule has 3 heterocycles. The number of ether oxygens (including phenoxy) is 5. The number of morpholine rings is 1. The highest BCUT2D eigenvalue weighted by Gasteiger charge is 2.38. The molecular formula is C28H30NO9+. The number of para-hydroxylation sites is 1. The fourth-order valence-corrected chi connectivity index (χ4v) is 4.55. The van der Waals surface area contributed by atoms with Crippen LogP contribution in [0.5, 0.6) is 0 Å². The molecule has 3 aromatic rings. The van der Waals surface area contributed by atoms with Crippen LogP contribution < -0.4 is 9.91 Å². The molecule has 1 unspecified atom stereocenters. The van der Waals surface area contributed by atoms with Crippen molar-refractivity contribution >= 4 is 28.8 Å². The molecule has 2 aliphatic heterocycles. The van der Waals surface area contributed by atoms with Gasteiger partial charge in [0.05, 0.1) is 44.1 Å². The molecule has 10 nitrogen and oxygen atoms in total. The summed E-state index contributed by atoms with van der Waals surface area (Å²) in [4.78, 5) is 37.7. The summed E-state index contributed by atoms with van der Waals surface area (Å²) >= 11 is 0. The first-order chi connectivity index (χ1) is 18.5. The van der Waals surface area contributed by atoms with Crippen molar-refractivity contribution in [2.24, 2.45) is 0 Å². The van der Waals surface area contributed by atoms with E-state index in [0.717, 1.165) is 11.1 Å². The van der Waals surface area contributed by atoms with Crippen LogP contribution in [-0.4, -0.2) is 71.1 Å². The first-order valence-electron chi connectivity index (χ1n) is 12.6. The molecule has 5 rings (SSSR count). The van der Waals surface area contributed by atoms with Crippen molar-refractivity contribution in [1.82, 2.24) is 4.48 Å². The van der Waals surface area contributed by atoms with E-state index in [9.17, 15) is 14.4 Å². The maximum atomic E-state index is 13.2. The van der Waals surface area contributed by atoms with E-state index in [2.05, 4.69) is 0 Å². The minimum atomic E-state index is -0.542. The third-order valence-corrected chi connectivity index (χ3v) is 6.75. The fraction of sp³-hybridized carbons (Fsp3) is 0.393. The molecule has 2 fully saturated rings. The number of carbonyl (C=O) groups excluding carboxylic acids is 2. The molecule has 2 saturated heterocycles. The zero-order valence-electron chi connectivity index (χ0n) is 21.0. The number of benzene rings is 2. The fourth-order valence-electron chi connectivity index (χ4n) is 4.55. The predicted molar refractivity (Wildman–Crippen MR) is 137 cm³/mol. The number of quaternary nitrogens is 1. The van der Waals surface area contributed by atoms with Gasteiger partial charge in [-0.3, -0.25) is 14.4 Å². The minimum absolute atomic E-state index is 0.0492. The summed E-state index contributed by atoms with van der Waals surface area (Å²) in [6.07, 6.45) is -0.520. The van der Waals surface area contributed by atoms with Gasteiger partial charge in [0.1, 0.15) is 32.6 Å². The summed E-state index contributed by atoms with van der Waals surface area (Å²) in [5, 5.41) is 0.478. The van der Waals surface area contributed by atoms with Crippen LogP contribution in [0.15, 0.2) is 63.8 Å². The van der Waals surface area contributed by atoms with Gasteiger partial charge < -0.3 is 28.1 Å². The van der Waals surface area contributed by atoms with E-state index in [1.165, 1.54) is 6.07 Å². The predicted octanol–water partition coefficient (Wildman–Crippen LogP) is 2.99. The SMILES string of the molecule is O=C(CCC(=O)OC[N+]1(c2cc(=O)c3cccc(-c4ccccc4)c3o2)CCOCC1)OCC1COCO1. The van der Waals surface area contributed by atoms with Gasteiger partial charge in [0.25, 0.3) is 0 Å². The van der Waals surface area contributed by atoms with Crippen molar-refractivity contribution in [1.29, 1.82) is 0 Å². The highest BCUT2D eigenvalue weighted by atomic mass is 16.7. The maximum absolute atomic E-state index is 13.2. The van der Waals surface area contributed by atoms with Gasteiger partial charge in [-0.15, -0.1) is 0 Å². The number of hydrogen-bond acceptors (Lipinski definition) is 9. The largest absolute Gasteiger partial charge is 0.463 e. The summed E-state index contributed by atoms with van der Waals surface area (Å²) in [5.41, 5.74) is 2.04. The second-order valence-electron chi connectivity index (χ2n) is 9.31. The number of fused-ring (bicyclic) bond motifs is 1. The molecular weight excluding hydrogens is 494 g/mol. The van der Waals surface area contributed by atoms with Crippen LogP contribution in [0.2, 0.25) is 0 Å². The van der Waals surface area contributed by atoms with E-state index >= 15 is 0 Å². The van der Waals surface area contributed by atoms with Crippen LogP contribution in [-0.2, 0) is 33.3 Å². The second kappa shape index (κ2) is 11.9. The topological polar surface area (TPSA) is 111 Å². The summed E-state index contributed by atoms with van der Waals surface area (Å²) in [6.45, 7) is 2.34. The van der Waals surface area contributed by atoms with E-state index in [0.29, 0.717) is 49.8 Å².